The van der Waals surface area contributed by atoms with E-state index >= 15 is 0 Å². The molecular formula is C17H15N3O3S. The van der Waals surface area contributed by atoms with E-state index in [1.165, 1.54) is 11.3 Å². The van der Waals surface area contributed by atoms with Crippen LogP contribution in [0.5, 0.6) is 11.5 Å². The Hall–Kier alpha value is -2.80. The highest BCUT2D eigenvalue weighted by Crippen LogP contribution is 2.32. The summed E-state index contributed by atoms with van der Waals surface area (Å²) in [6.07, 6.45) is 3.82. The van der Waals surface area contributed by atoms with Crippen molar-refractivity contribution in [2.24, 2.45) is 0 Å². The van der Waals surface area contributed by atoms with E-state index in [0.29, 0.717) is 17.2 Å². The van der Waals surface area contributed by atoms with Crippen LogP contribution in [0.2, 0.25) is 0 Å². The molecule has 1 aromatic carbocycles. The Bertz CT molecular complexity index is 887. The Balaban J connectivity index is 1.47. The van der Waals surface area contributed by atoms with Crippen molar-refractivity contribution in [3.05, 3.63) is 58.9 Å². The summed E-state index contributed by atoms with van der Waals surface area (Å²) in [6, 6.07) is 9.50. The van der Waals surface area contributed by atoms with E-state index in [2.05, 4.69) is 10.3 Å². The first kappa shape index (κ1) is 14.8. The van der Waals surface area contributed by atoms with Gasteiger partial charge in [0.05, 0.1) is 5.69 Å². The number of hydrogen-bond donors (Lipinski definition) is 1. The van der Waals surface area contributed by atoms with E-state index in [1.807, 2.05) is 54.2 Å². The van der Waals surface area contributed by atoms with E-state index < -0.39 is 0 Å². The molecule has 0 unspecified atom stereocenters. The van der Waals surface area contributed by atoms with Crippen LogP contribution in [-0.2, 0) is 6.54 Å². The minimum absolute atomic E-state index is 0.124. The molecule has 2 aromatic heterocycles. The monoisotopic (exact) mass is 341 g/mol. The summed E-state index contributed by atoms with van der Waals surface area (Å²) < 4.78 is 12.5. The lowest BCUT2D eigenvalue weighted by Crippen LogP contribution is -2.22. The van der Waals surface area contributed by atoms with E-state index in [1.54, 1.807) is 0 Å². The van der Waals surface area contributed by atoms with Gasteiger partial charge in [-0.2, -0.15) is 0 Å². The van der Waals surface area contributed by atoms with Crippen LogP contribution in [0, 0.1) is 6.92 Å². The van der Waals surface area contributed by atoms with Gasteiger partial charge in [-0.1, -0.05) is 17.4 Å². The summed E-state index contributed by atoms with van der Waals surface area (Å²) in [4.78, 5) is 17.5. The Morgan fingerprint density at radius 1 is 1.29 bits per heavy atom. The molecular weight excluding hydrogens is 326 g/mol. The number of fused-ring (bicyclic) bond motifs is 1. The van der Waals surface area contributed by atoms with E-state index in [0.717, 1.165) is 22.1 Å². The average molecular weight is 341 g/mol. The summed E-state index contributed by atoms with van der Waals surface area (Å²) in [5, 5.41) is 3.71. The van der Waals surface area contributed by atoms with Crippen LogP contribution in [0.25, 0.3) is 5.13 Å². The van der Waals surface area contributed by atoms with Crippen molar-refractivity contribution in [2.75, 3.05) is 6.79 Å². The number of amides is 1. The van der Waals surface area contributed by atoms with Gasteiger partial charge in [-0.15, -0.1) is 0 Å². The molecule has 0 aliphatic carbocycles. The Labute approximate surface area is 142 Å². The zero-order chi connectivity index (χ0) is 16.5. The molecule has 122 valence electrons. The van der Waals surface area contributed by atoms with E-state index in [4.69, 9.17) is 9.47 Å². The smallest absolute Gasteiger partial charge is 0.263 e. The van der Waals surface area contributed by atoms with Gasteiger partial charge in [-0.3, -0.25) is 4.79 Å². The molecule has 7 heteroatoms. The van der Waals surface area contributed by atoms with Crippen molar-refractivity contribution in [2.45, 2.75) is 13.5 Å². The molecule has 0 fully saturated rings. The first-order valence-corrected chi connectivity index (χ1v) is 8.30. The number of hydrogen-bond acceptors (Lipinski definition) is 5. The Kier molecular flexibility index (Phi) is 3.70. The summed E-state index contributed by atoms with van der Waals surface area (Å²) in [7, 11) is 0. The second-order valence-corrected chi connectivity index (χ2v) is 6.35. The van der Waals surface area contributed by atoms with Gasteiger partial charge in [-0.25, -0.2) is 4.98 Å². The molecule has 6 nitrogen and oxygen atoms in total. The predicted molar refractivity (Wildman–Crippen MR) is 89.9 cm³/mol. The van der Waals surface area contributed by atoms with E-state index in [-0.39, 0.29) is 12.7 Å². The molecule has 0 spiro atoms. The molecule has 1 aliphatic rings. The number of thiazole rings is 1. The topological polar surface area (TPSA) is 65.4 Å². The minimum Gasteiger partial charge on any atom is -0.454 e. The third kappa shape index (κ3) is 2.74. The number of ether oxygens (including phenoxy) is 2. The minimum atomic E-state index is -0.124. The predicted octanol–water partition coefficient (Wildman–Crippen LogP) is 2.90. The summed E-state index contributed by atoms with van der Waals surface area (Å²) in [6.45, 7) is 2.51. The zero-order valence-corrected chi connectivity index (χ0v) is 13.8. The third-order valence-corrected chi connectivity index (χ3v) is 4.88. The first-order valence-electron chi connectivity index (χ1n) is 7.48. The van der Waals surface area contributed by atoms with Crippen LogP contribution in [0.4, 0.5) is 0 Å². The molecule has 0 radical (unpaired) electrons. The summed E-state index contributed by atoms with van der Waals surface area (Å²) >= 11 is 1.38. The van der Waals surface area contributed by atoms with Crippen molar-refractivity contribution >= 4 is 17.2 Å². The lowest BCUT2D eigenvalue weighted by atomic mass is 10.2. The van der Waals surface area contributed by atoms with Crippen LogP contribution in [0.1, 0.15) is 20.9 Å². The molecule has 0 saturated heterocycles. The van der Waals surface area contributed by atoms with Crippen LogP contribution >= 0.6 is 11.3 Å². The number of aryl methyl sites for hydroxylation is 1. The van der Waals surface area contributed by atoms with Crippen molar-refractivity contribution < 1.29 is 14.3 Å². The highest BCUT2D eigenvalue weighted by molar-refractivity contribution is 7.16. The molecule has 1 aliphatic heterocycles. The highest BCUT2D eigenvalue weighted by atomic mass is 32.1. The maximum Gasteiger partial charge on any atom is 0.263 e. The number of nitrogens with one attached hydrogen (secondary N) is 1. The Morgan fingerprint density at radius 3 is 2.92 bits per heavy atom. The zero-order valence-electron chi connectivity index (χ0n) is 13.0. The quantitative estimate of drug-likeness (QED) is 0.792. The van der Waals surface area contributed by atoms with Gasteiger partial charge in [0.2, 0.25) is 6.79 Å². The molecule has 1 amide bonds. The van der Waals surface area contributed by atoms with Crippen molar-refractivity contribution in [1.29, 1.82) is 0 Å². The average Bonchev–Trinajstić information content (AvgIpc) is 3.31. The second-order valence-electron chi connectivity index (χ2n) is 5.37. The van der Waals surface area contributed by atoms with Crippen LogP contribution < -0.4 is 14.8 Å². The van der Waals surface area contributed by atoms with Gasteiger partial charge >= 0.3 is 0 Å². The number of benzene rings is 1. The van der Waals surface area contributed by atoms with E-state index in [9.17, 15) is 4.79 Å². The number of aromatic nitrogens is 2. The lowest BCUT2D eigenvalue weighted by molar-refractivity contribution is 0.0954. The van der Waals surface area contributed by atoms with Gasteiger partial charge in [0.1, 0.15) is 4.88 Å². The normalized spacial score (nSPS) is 12.4. The van der Waals surface area contributed by atoms with Gasteiger partial charge in [0, 0.05) is 18.9 Å². The van der Waals surface area contributed by atoms with Gasteiger partial charge in [0.15, 0.2) is 16.6 Å². The highest BCUT2D eigenvalue weighted by Gasteiger charge is 2.17. The molecule has 1 N–H and O–H groups in total. The molecule has 3 aromatic rings. The number of rotatable bonds is 4. The molecule has 4 rings (SSSR count). The summed E-state index contributed by atoms with van der Waals surface area (Å²) in [5.41, 5.74) is 1.69. The number of nitrogens with zero attached hydrogens (tertiary/aromatic N) is 2. The number of carbonyl (C=O) groups is 1. The first-order chi connectivity index (χ1) is 11.7. The van der Waals surface area contributed by atoms with Crippen molar-refractivity contribution in [3.8, 4) is 16.6 Å². The van der Waals surface area contributed by atoms with Crippen LogP contribution in [0.3, 0.4) is 0 Å². The van der Waals surface area contributed by atoms with Gasteiger partial charge < -0.3 is 19.4 Å². The third-order valence-electron chi connectivity index (χ3n) is 3.71. The fraction of sp³-hybridized carbons (Fsp3) is 0.176. The van der Waals surface area contributed by atoms with Crippen molar-refractivity contribution in [3.63, 3.8) is 0 Å². The molecule has 0 saturated carbocycles. The molecule has 3 heterocycles. The summed E-state index contributed by atoms with van der Waals surface area (Å²) in [5.74, 6) is 1.33. The second kappa shape index (κ2) is 6.01. The molecule has 0 atom stereocenters. The molecule has 24 heavy (non-hydrogen) atoms. The maximum atomic E-state index is 12.4. The largest absolute Gasteiger partial charge is 0.454 e. The SMILES string of the molecule is Cc1nc(-n2cccc2)sc1C(=O)NCc1ccc2c(c1)OCO2. The Morgan fingerprint density at radius 2 is 2.08 bits per heavy atom. The lowest BCUT2D eigenvalue weighted by Gasteiger charge is -2.05. The van der Waals surface area contributed by atoms with Crippen molar-refractivity contribution in [1.82, 2.24) is 14.9 Å². The number of carbonyl (C=O) groups excluding carboxylic acids is 1. The fourth-order valence-corrected chi connectivity index (χ4v) is 3.43. The van der Waals surface area contributed by atoms with Crippen LogP contribution in [0.15, 0.2) is 42.7 Å². The maximum absolute atomic E-state index is 12.4. The van der Waals surface area contributed by atoms with Gasteiger partial charge in [0.25, 0.3) is 5.91 Å². The van der Waals surface area contributed by atoms with Crippen LogP contribution in [-0.4, -0.2) is 22.3 Å². The standard InChI is InChI=1S/C17H15N3O3S/c1-11-15(24-17(19-11)20-6-2-3-7-20)16(21)18-9-12-4-5-13-14(8-12)23-10-22-13/h2-8H,9-10H2,1H3,(H,18,21). The molecule has 0 bridgehead atoms. The van der Waals surface area contributed by atoms with Gasteiger partial charge in [-0.05, 0) is 36.8 Å². The fourth-order valence-electron chi connectivity index (χ4n) is 2.48.